The molecule has 0 amide bonds. The monoisotopic (exact) mass is 281 g/mol. The van der Waals surface area contributed by atoms with Crippen LogP contribution >= 0.6 is 0 Å². The highest BCUT2D eigenvalue weighted by Crippen LogP contribution is 2.31. The number of hydrogen-bond donors (Lipinski definition) is 2. The van der Waals surface area contributed by atoms with E-state index < -0.39 is 0 Å². The third-order valence-electron chi connectivity index (χ3n) is 3.07. The second-order valence-corrected chi connectivity index (χ2v) is 4.52. The van der Waals surface area contributed by atoms with Gasteiger partial charge in [0.25, 0.3) is 0 Å². The topological polar surface area (TPSA) is 106 Å². The number of anilines is 1. The van der Waals surface area contributed by atoms with Crippen LogP contribution in [0.3, 0.4) is 0 Å². The quantitative estimate of drug-likeness (QED) is 0.326. The fourth-order valence-electron chi connectivity index (χ4n) is 1.85. The molecule has 0 spiro atoms. The summed E-state index contributed by atoms with van der Waals surface area (Å²) in [6.07, 6.45) is 2.61. The Bertz CT molecular complexity index is 468. The van der Waals surface area contributed by atoms with Gasteiger partial charge in [0.2, 0.25) is 17.7 Å². The number of oxime groups is 1. The molecular formula is C12H19N5O3. The van der Waals surface area contributed by atoms with Gasteiger partial charge in [-0.1, -0.05) is 5.16 Å². The summed E-state index contributed by atoms with van der Waals surface area (Å²) >= 11 is 0. The number of hydrogen-bond acceptors (Lipinski definition) is 7. The number of methoxy groups -OCH3 is 2. The summed E-state index contributed by atoms with van der Waals surface area (Å²) in [5.74, 6) is 1.61. The van der Waals surface area contributed by atoms with Gasteiger partial charge in [0.15, 0.2) is 0 Å². The van der Waals surface area contributed by atoms with Gasteiger partial charge in [-0.25, -0.2) is 0 Å². The van der Waals surface area contributed by atoms with E-state index in [0.717, 1.165) is 12.8 Å². The molecule has 8 heteroatoms. The van der Waals surface area contributed by atoms with Crippen molar-refractivity contribution in [2.45, 2.75) is 25.3 Å². The van der Waals surface area contributed by atoms with E-state index in [1.54, 1.807) is 20.3 Å². The Labute approximate surface area is 117 Å². The molecule has 1 fully saturated rings. The molecule has 0 aliphatic heterocycles. The Morgan fingerprint density at radius 2 is 2.00 bits per heavy atom. The third kappa shape index (κ3) is 3.40. The predicted octanol–water partition coefficient (Wildman–Crippen LogP) is 0.599. The van der Waals surface area contributed by atoms with Crippen LogP contribution in [0.25, 0.3) is 0 Å². The summed E-state index contributed by atoms with van der Waals surface area (Å²) in [7, 11) is 3.09. The van der Waals surface area contributed by atoms with Gasteiger partial charge in [-0.3, -0.25) is 0 Å². The van der Waals surface area contributed by atoms with Crippen molar-refractivity contribution in [1.82, 2.24) is 9.97 Å². The number of aromatic nitrogens is 2. The van der Waals surface area contributed by atoms with E-state index in [0.29, 0.717) is 36.7 Å². The molecule has 1 aromatic rings. The summed E-state index contributed by atoms with van der Waals surface area (Å²) in [6.45, 7) is 0.580. The zero-order valence-electron chi connectivity index (χ0n) is 11.6. The van der Waals surface area contributed by atoms with E-state index in [1.807, 2.05) is 4.90 Å². The normalized spacial score (nSPS) is 15.0. The minimum Gasteiger partial charge on any atom is -0.481 e. The van der Waals surface area contributed by atoms with Crippen LogP contribution in [-0.2, 0) is 0 Å². The molecule has 1 aliphatic rings. The lowest BCUT2D eigenvalue weighted by atomic mass is 10.3. The second-order valence-electron chi connectivity index (χ2n) is 4.52. The molecule has 20 heavy (non-hydrogen) atoms. The second kappa shape index (κ2) is 6.27. The first-order valence-corrected chi connectivity index (χ1v) is 6.38. The van der Waals surface area contributed by atoms with Gasteiger partial charge in [-0.15, -0.1) is 0 Å². The third-order valence-corrected chi connectivity index (χ3v) is 3.07. The van der Waals surface area contributed by atoms with Crippen molar-refractivity contribution in [2.24, 2.45) is 10.9 Å². The fourth-order valence-corrected chi connectivity index (χ4v) is 1.85. The first kappa shape index (κ1) is 14.2. The maximum atomic E-state index is 8.61. The summed E-state index contributed by atoms with van der Waals surface area (Å²) in [4.78, 5) is 10.7. The molecule has 0 saturated heterocycles. The lowest BCUT2D eigenvalue weighted by Crippen LogP contribution is -2.31. The van der Waals surface area contributed by atoms with Gasteiger partial charge in [0.1, 0.15) is 5.84 Å². The van der Waals surface area contributed by atoms with Gasteiger partial charge >= 0.3 is 0 Å². The molecule has 0 radical (unpaired) electrons. The average Bonchev–Trinajstić information content (AvgIpc) is 3.31. The number of amidine groups is 1. The molecule has 1 saturated carbocycles. The Morgan fingerprint density at radius 3 is 2.45 bits per heavy atom. The van der Waals surface area contributed by atoms with Crippen LogP contribution < -0.4 is 20.1 Å². The molecule has 1 heterocycles. The minimum atomic E-state index is 0.186. The number of nitrogens with two attached hydrogens (primary N) is 1. The van der Waals surface area contributed by atoms with Gasteiger partial charge < -0.3 is 25.3 Å². The molecule has 3 N–H and O–H groups in total. The highest BCUT2D eigenvalue weighted by molar-refractivity contribution is 5.80. The summed E-state index contributed by atoms with van der Waals surface area (Å²) < 4.78 is 10.3. The molecule has 1 aliphatic carbocycles. The maximum absolute atomic E-state index is 8.61. The molecule has 0 unspecified atom stereocenters. The first-order valence-electron chi connectivity index (χ1n) is 6.38. The van der Waals surface area contributed by atoms with Crippen LogP contribution in [0.5, 0.6) is 11.8 Å². The van der Waals surface area contributed by atoms with Gasteiger partial charge in [0, 0.05) is 19.0 Å². The number of rotatable bonds is 7. The summed E-state index contributed by atoms with van der Waals surface area (Å²) in [5.41, 5.74) is 5.52. The molecule has 110 valence electrons. The average molecular weight is 281 g/mol. The van der Waals surface area contributed by atoms with Crippen LogP contribution in [0.4, 0.5) is 5.95 Å². The Hall–Kier alpha value is -2.25. The highest BCUT2D eigenvalue weighted by atomic mass is 16.5. The van der Waals surface area contributed by atoms with Gasteiger partial charge in [-0.2, -0.15) is 9.97 Å². The van der Waals surface area contributed by atoms with E-state index in [1.165, 1.54) is 0 Å². The molecule has 1 aromatic heterocycles. The summed E-state index contributed by atoms with van der Waals surface area (Å²) in [5, 5.41) is 11.6. The van der Waals surface area contributed by atoms with Gasteiger partial charge in [-0.05, 0) is 12.8 Å². The molecule has 0 bridgehead atoms. The van der Waals surface area contributed by atoms with Crippen LogP contribution in [0, 0.1) is 0 Å². The predicted molar refractivity (Wildman–Crippen MR) is 73.5 cm³/mol. The highest BCUT2D eigenvalue weighted by Gasteiger charge is 2.31. The van der Waals surface area contributed by atoms with E-state index in [2.05, 4.69) is 15.1 Å². The van der Waals surface area contributed by atoms with Crippen molar-refractivity contribution >= 4 is 11.8 Å². The lowest BCUT2D eigenvalue weighted by molar-refractivity contribution is 0.317. The smallest absolute Gasteiger partial charge is 0.232 e. The van der Waals surface area contributed by atoms with E-state index in [4.69, 9.17) is 20.4 Å². The Kier molecular flexibility index (Phi) is 4.44. The van der Waals surface area contributed by atoms with Crippen LogP contribution in [-0.4, -0.2) is 47.8 Å². The standard InChI is InChI=1S/C12H19N5O3/c1-19-10-7-11(20-2)15-12(14-10)17(8-3-4-8)6-5-9(13)16-18/h7-8,18H,3-6H2,1-2H3,(H2,13,16). The molecule has 0 atom stereocenters. The maximum Gasteiger partial charge on any atom is 0.232 e. The largest absolute Gasteiger partial charge is 0.481 e. The SMILES string of the molecule is COc1cc(OC)nc(N(CC/C(N)=N/O)C2CC2)n1. The molecule has 8 nitrogen and oxygen atoms in total. The van der Waals surface area contributed by atoms with Crippen LogP contribution in [0.1, 0.15) is 19.3 Å². The van der Waals surface area contributed by atoms with Crippen molar-refractivity contribution in [3.63, 3.8) is 0 Å². The zero-order chi connectivity index (χ0) is 14.5. The van der Waals surface area contributed by atoms with Crippen molar-refractivity contribution in [3.05, 3.63) is 6.07 Å². The Balaban J connectivity index is 2.19. The summed E-state index contributed by atoms with van der Waals surface area (Å²) in [6, 6.07) is 2.01. The minimum absolute atomic E-state index is 0.186. The fraction of sp³-hybridized carbons (Fsp3) is 0.583. The van der Waals surface area contributed by atoms with Crippen LogP contribution in [0.2, 0.25) is 0 Å². The Morgan fingerprint density at radius 1 is 1.40 bits per heavy atom. The van der Waals surface area contributed by atoms with Crippen molar-refractivity contribution < 1.29 is 14.7 Å². The van der Waals surface area contributed by atoms with E-state index >= 15 is 0 Å². The first-order chi connectivity index (χ1) is 9.67. The number of nitrogens with zero attached hydrogens (tertiary/aromatic N) is 4. The molecule has 2 rings (SSSR count). The van der Waals surface area contributed by atoms with Crippen molar-refractivity contribution in [1.29, 1.82) is 0 Å². The van der Waals surface area contributed by atoms with Crippen LogP contribution in [0.15, 0.2) is 11.2 Å². The lowest BCUT2D eigenvalue weighted by Gasteiger charge is -2.22. The molecular weight excluding hydrogens is 262 g/mol. The van der Waals surface area contributed by atoms with Crippen molar-refractivity contribution in [3.8, 4) is 11.8 Å². The zero-order valence-corrected chi connectivity index (χ0v) is 11.6. The molecule has 0 aromatic carbocycles. The van der Waals surface area contributed by atoms with E-state index in [9.17, 15) is 0 Å². The number of ether oxygens (including phenoxy) is 2. The van der Waals surface area contributed by atoms with Gasteiger partial charge in [0.05, 0.1) is 20.3 Å². The van der Waals surface area contributed by atoms with Crippen molar-refractivity contribution in [2.75, 3.05) is 25.7 Å². The van der Waals surface area contributed by atoms with E-state index in [-0.39, 0.29) is 5.84 Å².